The highest BCUT2D eigenvalue weighted by Gasteiger charge is 2.15. The first-order valence-corrected chi connectivity index (χ1v) is 6.53. The molecule has 0 bridgehead atoms. The summed E-state index contributed by atoms with van der Waals surface area (Å²) in [6.07, 6.45) is 1.82. The van der Waals surface area contributed by atoms with Gasteiger partial charge in [-0.25, -0.2) is 0 Å². The summed E-state index contributed by atoms with van der Waals surface area (Å²) < 4.78 is 0. The van der Waals surface area contributed by atoms with Crippen LogP contribution < -0.4 is 5.32 Å². The van der Waals surface area contributed by atoms with Crippen molar-refractivity contribution in [3.63, 3.8) is 0 Å². The number of hydrogen-bond acceptors (Lipinski definition) is 4. The van der Waals surface area contributed by atoms with Gasteiger partial charge in [0.1, 0.15) is 0 Å². The van der Waals surface area contributed by atoms with Crippen molar-refractivity contribution in [3.05, 3.63) is 36.5 Å². The smallest absolute Gasteiger partial charge is 0.161 e. The Kier molecular flexibility index (Phi) is 2.73. The first-order valence-electron chi connectivity index (χ1n) is 5.65. The molecule has 3 rings (SSSR count). The maximum atomic E-state index is 4.47. The van der Waals surface area contributed by atoms with E-state index in [2.05, 4.69) is 34.3 Å². The lowest BCUT2D eigenvalue weighted by atomic mass is 10.2. The molecule has 1 aromatic carbocycles. The Hall–Kier alpha value is -1.55. The Balaban J connectivity index is 1.95. The van der Waals surface area contributed by atoms with Gasteiger partial charge in [-0.1, -0.05) is 24.8 Å². The van der Waals surface area contributed by atoms with E-state index in [1.165, 1.54) is 0 Å². The lowest BCUT2D eigenvalue weighted by molar-refractivity contribution is 0.976. The molecule has 0 radical (unpaired) electrons. The number of anilines is 1. The molecule has 1 aliphatic heterocycles. The summed E-state index contributed by atoms with van der Waals surface area (Å²) in [5.74, 6) is 0. The number of nitrogens with one attached hydrogen (secondary N) is 1. The maximum Gasteiger partial charge on any atom is 0.161 e. The van der Waals surface area contributed by atoms with Crippen LogP contribution in [0.1, 0.15) is 6.92 Å². The number of aliphatic imine (C=N–C) groups is 1. The third-order valence-electron chi connectivity index (χ3n) is 2.69. The number of thioether (sulfide) groups is 1. The average molecular weight is 243 g/mol. The van der Waals surface area contributed by atoms with Crippen molar-refractivity contribution in [3.8, 4) is 0 Å². The predicted molar refractivity (Wildman–Crippen MR) is 74.7 cm³/mol. The molecule has 1 atom stereocenters. The number of pyridine rings is 1. The molecule has 2 heterocycles. The Labute approximate surface area is 104 Å². The van der Waals surface area contributed by atoms with Crippen molar-refractivity contribution in [1.29, 1.82) is 0 Å². The quantitative estimate of drug-likeness (QED) is 0.836. The van der Waals surface area contributed by atoms with Crippen LogP contribution in [-0.4, -0.2) is 21.9 Å². The van der Waals surface area contributed by atoms with E-state index in [1.807, 2.05) is 24.4 Å². The zero-order valence-electron chi connectivity index (χ0n) is 9.55. The molecule has 0 amide bonds. The van der Waals surface area contributed by atoms with Gasteiger partial charge in [-0.15, -0.1) is 0 Å². The van der Waals surface area contributed by atoms with E-state index in [9.17, 15) is 0 Å². The predicted octanol–water partition coefficient (Wildman–Crippen LogP) is 3.14. The van der Waals surface area contributed by atoms with Gasteiger partial charge in [-0.3, -0.25) is 9.98 Å². The second-order valence-electron chi connectivity index (χ2n) is 4.07. The van der Waals surface area contributed by atoms with E-state index in [-0.39, 0.29) is 0 Å². The van der Waals surface area contributed by atoms with Crippen molar-refractivity contribution >= 4 is 33.5 Å². The van der Waals surface area contributed by atoms with Crippen molar-refractivity contribution in [2.45, 2.75) is 12.2 Å². The molecule has 1 unspecified atom stereocenters. The minimum absolute atomic E-state index is 0.575. The lowest BCUT2D eigenvalue weighted by Crippen LogP contribution is -2.06. The highest BCUT2D eigenvalue weighted by Crippen LogP contribution is 2.26. The normalized spacial score (nSPS) is 19.4. The second kappa shape index (κ2) is 4.37. The first-order chi connectivity index (χ1) is 8.33. The van der Waals surface area contributed by atoms with Crippen LogP contribution in [0.2, 0.25) is 0 Å². The molecule has 17 heavy (non-hydrogen) atoms. The SMILES string of the molecule is CC1CN=C(Nc2cccc3ncccc23)S1. The molecule has 0 saturated heterocycles. The number of benzene rings is 1. The zero-order chi connectivity index (χ0) is 11.7. The number of rotatable bonds is 1. The van der Waals surface area contributed by atoms with Gasteiger partial charge < -0.3 is 5.32 Å². The first kappa shape index (κ1) is 10.6. The van der Waals surface area contributed by atoms with Crippen LogP contribution in [0.5, 0.6) is 0 Å². The summed E-state index contributed by atoms with van der Waals surface area (Å²) >= 11 is 1.79. The van der Waals surface area contributed by atoms with Crippen LogP contribution in [0.15, 0.2) is 41.5 Å². The molecule has 3 nitrogen and oxygen atoms in total. The summed E-state index contributed by atoms with van der Waals surface area (Å²) in [5.41, 5.74) is 2.09. The molecule has 0 saturated carbocycles. The van der Waals surface area contributed by atoms with E-state index in [0.29, 0.717) is 5.25 Å². The van der Waals surface area contributed by atoms with Crippen molar-refractivity contribution in [2.24, 2.45) is 4.99 Å². The lowest BCUT2D eigenvalue weighted by Gasteiger charge is -2.08. The molecule has 0 fully saturated rings. The highest BCUT2D eigenvalue weighted by molar-refractivity contribution is 8.15. The number of amidine groups is 1. The van der Waals surface area contributed by atoms with E-state index < -0.39 is 0 Å². The highest BCUT2D eigenvalue weighted by atomic mass is 32.2. The maximum absolute atomic E-state index is 4.47. The van der Waals surface area contributed by atoms with Crippen molar-refractivity contribution in [2.75, 3.05) is 11.9 Å². The molecular formula is C13H13N3S. The Bertz CT molecular complexity index is 574. The van der Waals surface area contributed by atoms with E-state index in [1.54, 1.807) is 11.8 Å². The van der Waals surface area contributed by atoms with Crippen LogP contribution in [0.4, 0.5) is 5.69 Å². The summed E-state index contributed by atoms with van der Waals surface area (Å²) in [6.45, 7) is 3.09. The molecule has 1 aromatic heterocycles. The summed E-state index contributed by atoms with van der Waals surface area (Å²) in [5, 5.41) is 6.11. The molecule has 2 aromatic rings. The van der Waals surface area contributed by atoms with Gasteiger partial charge in [0.15, 0.2) is 5.17 Å². The minimum Gasteiger partial charge on any atom is -0.334 e. The fourth-order valence-corrected chi connectivity index (χ4v) is 2.72. The Morgan fingerprint density at radius 1 is 1.29 bits per heavy atom. The van der Waals surface area contributed by atoms with Gasteiger partial charge in [0.05, 0.1) is 12.1 Å². The van der Waals surface area contributed by atoms with Crippen LogP contribution in [-0.2, 0) is 0 Å². The molecular weight excluding hydrogens is 230 g/mol. The van der Waals surface area contributed by atoms with Crippen molar-refractivity contribution in [1.82, 2.24) is 4.98 Å². The van der Waals surface area contributed by atoms with Gasteiger partial charge in [0.2, 0.25) is 0 Å². The number of nitrogens with zero attached hydrogens (tertiary/aromatic N) is 2. The monoisotopic (exact) mass is 243 g/mol. The van der Waals surface area contributed by atoms with Crippen LogP contribution in [0.3, 0.4) is 0 Å². The van der Waals surface area contributed by atoms with Gasteiger partial charge in [0.25, 0.3) is 0 Å². The third-order valence-corrected chi connectivity index (χ3v) is 3.70. The summed E-state index contributed by atoms with van der Waals surface area (Å²) in [6, 6.07) is 10.1. The fourth-order valence-electron chi connectivity index (χ4n) is 1.87. The van der Waals surface area contributed by atoms with Crippen LogP contribution in [0, 0.1) is 0 Å². The molecule has 1 N–H and O–H groups in total. The number of fused-ring (bicyclic) bond motifs is 1. The van der Waals surface area contributed by atoms with E-state index in [0.717, 1.165) is 28.3 Å². The van der Waals surface area contributed by atoms with Gasteiger partial charge >= 0.3 is 0 Å². The van der Waals surface area contributed by atoms with Gasteiger partial charge in [-0.05, 0) is 24.3 Å². The standard InChI is InChI=1S/C13H13N3S/c1-9-8-15-13(17-9)16-12-6-2-5-11-10(12)4-3-7-14-11/h2-7,9H,8H2,1H3,(H,15,16). The zero-order valence-corrected chi connectivity index (χ0v) is 10.4. The molecule has 86 valence electrons. The van der Waals surface area contributed by atoms with Crippen molar-refractivity contribution < 1.29 is 0 Å². The van der Waals surface area contributed by atoms with E-state index in [4.69, 9.17) is 0 Å². The van der Waals surface area contributed by atoms with Crippen LogP contribution in [0.25, 0.3) is 10.9 Å². The average Bonchev–Trinajstić information content (AvgIpc) is 2.75. The molecule has 1 aliphatic rings. The Morgan fingerprint density at radius 2 is 2.24 bits per heavy atom. The summed E-state index contributed by atoms with van der Waals surface area (Å²) in [4.78, 5) is 8.81. The minimum atomic E-state index is 0.575. The summed E-state index contributed by atoms with van der Waals surface area (Å²) in [7, 11) is 0. The second-order valence-corrected chi connectivity index (χ2v) is 5.50. The number of aromatic nitrogens is 1. The Morgan fingerprint density at radius 3 is 3.06 bits per heavy atom. The van der Waals surface area contributed by atoms with Gasteiger partial charge in [-0.2, -0.15) is 0 Å². The topological polar surface area (TPSA) is 37.3 Å². The third kappa shape index (κ3) is 2.13. The molecule has 0 spiro atoms. The molecule has 4 heteroatoms. The van der Waals surface area contributed by atoms with E-state index >= 15 is 0 Å². The fraction of sp³-hybridized carbons (Fsp3) is 0.231. The largest absolute Gasteiger partial charge is 0.334 e. The molecule has 0 aliphatic carbocycles. The van der Waals surface area contributed by atoms with Gasteiger partial charge in [0, 0.05) is 22.5 Å². The number of hydrogen-bond donors (Lipinski definition) is 1. The van der Waals surface area contributed by atoms with Crippen LogP contribution >= 0.6 is 11.8 Å².